The predicted molar refractivity (Wildman–Crippen MR) is 57.9 cm³/mol. The van der Waals surface area contributed by atoms with Crippen molar-refractivity contribution in [3.05, 3.63) is 12.2 Å². The highest BCUT2D eigenvalue weighted by atomic mass is 32.2. The molecular weight excluding hydrogens is 182 g/mol. The average molecular weight is 199 g/mol. The molecule has 3 heteroatoms. The molecule has 0 aromatic rings. The third kappa shape index (κ3) is 3.07. The van der Waals surface area contributed by atoms with Crippen LogP contribution in [0.2, 0.25) is 0 Å². The number of piperidine rings is 1. The Kier molecular flexibility index (Phi) is 3.85. The van der Waals surface area contributed by atoms with E-state index in [1.807, 2.05) is 18.9 Å². The molecule has 0 aliphatic carbocycles. The molecule has 0 radical (unpaired) electrons. The Bertz CT molecular complexity index is 215. The maximum atomic E-state index is 11.6. The molecule has 1 amide bonds. The number of rotatable bonds is 3. The maximum Gasteiger partial charge on any atom is 0.235 e. The Balaban J connectivity index is 2.40. The fourth-order valence-corrected chi connectivity index (χ4v) is 2.53. The Hall–Kier alpha value is -0.440. The van der Waals surface area contributed by atoms with Crippen molar-refractivity contribution in [3.63, 3.8) is 0 Å². The summed E-state index contributed by atoms with van der Waals surface area (Å²) in [4.78, 5) is 13.4. The molecular formula is C10H17NOS. The minimum atomic E-state index is 0.176. The van der Waals surface area contributed by atoms with Crippen LogP contribution in [-0.2, 0) is 4.79 Å². The number of likely N-dealkylation sites (tertiary alicyclic amines) is 1. The molecule has 13 heavy (non-hydrogen) atoms. The molecule has 1 heterocycles. The quantitative estimate of drug-likeness (QED) is 0.647. The molecule has 1 unspecified atom stereocenters. The highest BCUT2D eigenvalue weighted by molar-refractivity contribution is 8.00. The zero-order valence-electron chi connectivity index (χ0n) is 8.38. The Morgan fingerprint density at radius 1 is 1.77 bits per heavy atom. The second-order valence-corrected chi connectivity index (χ2v) is 4.85. The lowest BCUT2D eigenvalue weighted by Crippen LogP contribution is -2.40. The van der Waals surface area contributed by atoms with Crippen molar-refractivity contribution in [2.75, 3.05) is 19.3 Å². The van der Waals surface area contributed by atoms with E-state index in [0.29, 0.717) is 0 Å². The van der Waals surface area contributed by atoms with Crippen LogP contribution in [0.25, 0.3) is 0 Å². The van der Waals surface area contributed by atoms with E-state index in [1.54, 1.807) is 11.8 Å². The molecule has 1 atom stereocenters. The molecule has 1 rings (SSSR count). The van der Waals surface area contributed by atoms with Gasteiger partial charge in [0.1, 0.15) is 0 Å². The number of hydrogen-bond acceptors (Lipinski definition) is 2. The summed E-state index contributed by atoms with van der Waals surface area (Å²) < 4.78 is 0. The van der Waals surface area contributed by atoms with Gasteiger partial charge < -0.3 is 4.90 Å². The summed E-state index contributed by atoms with van der Waals surface area (Å²) in [5, 5.41) is 0.176. The van der Waals surface area contributed by atoms with Crippen LogP contribution in [0.15, 0.2) is 12.2 Å². The third-order valence-corrected chi connectivity index (χ3v) is 3.64. The van der Waals surface area contributed by atoms with Crippen LogP contribution in [0.5, 0.6) is 0 Å². The second-order valence-electron chi connectivity index (χ2n) is 3.66. The highest BCUT2D eigenvalue weighted by Crippen LogP contribution is 2.24. The SMILES string of the molecule is C=C(C)CSC1CCCN(C)C1=O. The second kappa shape index (κ2) is 4.70. The Morgan fingerprint density at radius 2 is 2.46 bits per heavy atom. The smallest absolute Gasteiger partial charge is 0.235 e. The summed E-state index contributed by atoms with van der Waals surface area (Å²) >= 11 is 1.73. The first kappa shape index (κ1) is 10.6. The Morgan fingerprint density at radius 3 is 3.08 bits per heavy atom. The summed E-state index contributed by atoms with van der Waals surface area (Å²) in [5.74, 6) is 1.20. The molecule has 0 aromatic heterocycles. The van der Waals surface area contributed by atoms with E-state index in [0.717, 1.165) is 30.7 Å². The first-order valence-corrected chi connectivity index (χ1v) is 5.67. The van der Waals surface area contributed by atoms with Gasteiger partial charge in [0.25, 0.3) is 0 Å². The van der Waals surface area contributed by atoms with E-state index in [9.17, 15) is 4.79 Å². The topological polar surface area (TPSA) is 20.3 Å². The summed E-state index contributed by atoms with van der Waals surface area (Å²) in [7, 11) is 1.88. The number of thioether (sulfide) groups is 1. The highest BCUT2D eigenvalue weighted by Gasteiger charge is 2.26. The van der Waals surface area contributed by atoms with E-state index < -0.39 is 0 Å². The molecule has 1 fully saturated rings. The van der Waals surface area contributed by atoms with Gasteiger partial charge in [0.2, 0.25) is 5.91 Å². The van der Waals surface area contributed by atoms with Gasteiger partial charge in [0.15, 0.2) is 0 Å². The number of nitrogens with zero attached hydrogens (tertiary/aromatic N) is 1. The monoisotopic (exact) mass is 199 g/mol. The fraction of sp³-hybridized carbons (Fsp3) is 0.700. The van der Waals surface area contributed by atoms with Gasteiger partial charge in [-0.05, 0) is 19.8 Å². The molecule has 0 bridgehead atoms. The van der Waals surface area contributed by atoms with Crippen molar-refractivity contribution >= 4 is 17.7 Å². The van der Waals surface area contributed by atoms with E-state index >= 15 is 0 Å². The fourth-order valence-electron chi connectivity index (χ4n) is 1.39. The Labute approximate surface area is 84.4 Å². The van der Waals surface area contributed by atoms with Crippen LogP contribution < -0.4 is 0 Å². The number of hydrogen-bond donors (Lipinski definition) is 0. The largest absolute Gasteiger partial charge is 0.345 e. The summed E-state index contributed by atoms with van der Waals surface area (Å²) in [6.45, 7) is 6.76. The van der Waals surface area contributed by atoms with E-state index in [2.05, 4.69) is 6.58 Å². The average Bonchev–Trinajstić information content (AvgIpc) is 2.07. The molecule has 2 nitrogen and oxygen atoms in total. The molecule has 1 aliphatic heterocycles. The number of amides is 1. The lowest BCUT2D eigenvalue weighted by atomic mass is 10.1. The zero-order chi connectivity index (χ0) is 9.84. The van der Waals surface area contributed by atoms with Gasteiger partial charge in [-0.15, -0.1) is 11.8 Å². The van der Waals surface area contributed by atoms with Gasteiger partial charge >= 0.3 is 0 Å². The van der Waals surface area contributed by atoms with Crippen LogP contribution in [0, 0.1) is 0 Å². The van der Waals surface area contributed by atoms with Gasteiger partial charge in [-0.25, -0.2) is 0 Å². The standard InChI is InChI=1S/C10H17NOS/c1-8(2)7-13-9-5-4-6-11(3)10(9)12/h9H,1,4-7H2,2-3H3. The molecule has 0 spiro atoms. The van der Waals surface area contributed by atoms with Gasteiger partial charge in [-0.2, -0.15) is 0 Å². The van der Waals surface area contributed by atoms with Gasteiger partial charge in [-0.1, -0.05) is 12.2 Å². The van der Waals surface area contributed by atoms with Crippen LogP contribution in [0.4, 0.5) is 0 Å². The van der Waals surface area contributed by atoms with Crippen molar-refractivity contribution in [2.45, 2.75) is 25.0 Å². The van der Waals surface area contributed by atoms with Crippen molar-refractivity contribution in [3.8, 4) is 0 Å². The molecule has 1 saturated heterocycles. The van der Waals surface area contributed by atoms with E-state index in [-0.39, 0.29) is 11.2 Å². The summed E-state index contributed by atoms with van der Waals surface area (Å²) in [6, 6.07) is 0. The normalized spacial score (nSPS) is 23.4. The number of carbonyl (C=O) groups excluding carboxylic acids is 1. The van der Waals surface area contributed by atoms with Crippen LogP contribution in [-0.4, -0.2) is 35.4 Å². The first-order chi connectivity index (χ1) is 6.11. The maximum absolute atomic E-state index is 11.6. The lowest BCUT2D eigenvalue weighted by Gasteiger charge is -2.28. The molecule has 0 saturated carbocycles. The molecule has 0 N–H and O–H groups in total. The minimum absolute atomic E-state index is 0.176. The van der Waals surface area contributed by atoms with E-state index in [1.165, 1.54) is 0 Å². The first-order valence-electron chi connectivity index (χ1n) is 4.62. The summed E-state index contributed by atoms with van der Waals surface area (Å²) in [5.41, 5.74) is 1.14. The van der Waals surface area contributed by atoms with Crippen LogP contribution >= 0.6 is 11.8 Å². The molecule has 0 aromatic carbocycles. The molecule has 1 aliphatic rings. The lowest BCUT2D eigenvalue weighted by molar-refractivity contribution is -0.131. The van der Waals surface area contributed by atoms with Crippen molar-refractivity contribution in [1.29, 1.82) is 0 Å². The van der Waals surface area contributed by atoms with Crippen LogP contribution in [0.1, 0.15) is 19.8 Å². The third-order valence-electron chi connectivity index (χ3n) is 2.14. The summed E-state index contributed by atoms with van der Waals surface area (Å²) in [6.07, 6.45) is 2.16. The zero-order valence-corrected chi connectivity index (χ0v) is 9.19. The van der Waals surface area contributed by atoms with Gasteiger partial charge in [-0.3, -0.25) is 4.79 Å². The van der Waals surface area contributed by atoms with Crippen LogP contribution in [0.3, 0.4) is 0 Å². The number of carbonyl (C=O) groups is 1. The predicted octanol–water partition coefficient (Wildman–Crippen LogP) is 1.92. The van der Waals surface area contributed by atoms with Gasteiger partial charge in [0, 0.05) is 19.3 Å². The van der Waals surface area contributed by atoms with Gasteiger partial charge in [0.05, 0.1) is 5.25 Å². The van der Waals surface area contributed by atoms with E-state index in [4.69, 9.17) is 0 Å². The van der Waals surface area contributed by atoms with Crippen molar-refractivity contribution < 1.29 is 4.79 Å². The molecule has 74 valence electrons. The van der Waals surface area contributed by atoms with Crippen molar-refractivity contribution in [2.24, 2.45) is 0 Å². The van der Waals surface area contributed by atoms with Crippen molar-refractivity contribution in [1.82, 2.24) is 4.90 Å². The minimum Gasteiger partial charge on any atom is -0.345 e.